The summed E-state index contributed by atoms with van der Waals surface area (Å²) in [6.07, 6.45) is 14.2. The van der Waals surface area contributed by atoms with E-state index in [0.717, 1.165) is 50.4 Å². The summed E-state index contributed by atoms with van der Waals surface area (Å²) in [6, 6.07) is 21.1. The summed E-state index contributed by atoms with van der Waals surface area (Å²) in [5, 5.41) is 0. The Bertz CT molecular complexity index is 1450. The SMILES string of the molecule is Fc1ccc(-c2cncc(CN(CCOC3=CC=CCC3=S)Cc3cncc(-c4ccccc4)c3)c2)cc1. The smallest absolute Gasteiger partial charge is 0.133 e. The summed E-state index contributed by atoms with van der Waals surface area (Å²) >= 11 is 5.45. The molecule has 0 aliphatic heterocycles. The summed E-state index contributed by atoms with van der Waals surface area (Å²) in [5.41, 5.74) is 6.29. The average molecular weight is 522 g/mol. The maximum Gasteiger partial charge on any atom is 0.133 e. The monoisotopic (exact) mass is 521 g/mol. The predicted molar refractivity (Wildman–Crippen MR) is 154 cm³/mol. The van der Waals surface area contributed by atoms with E-state index in [1.165, 1.54) is 12.1 Å². The van der Waals surface area contributed by atoms with Gasteiger partial charge in [-0.3, -0.25) is 14.9 Å². The van der Waals surface area contributed by atoms with Crippen LogP contribution in [0.15, 0.2) is 116 Å². The number of aromatic nitrogens is 2. The van der Waals surface area contributed by atoms with Crippen molar-refractivity contribution < 1.29 is 9.13 Å². The van der Waals surface area contributed by atoms with Gasteiger partial charge in [-0.15, -0.1) is 0 Å². The normalized spacial score (nSPS) is 13.0. The Balaban J connectivity index is 1.34. The summed E-state index contributed by atoms with van der Waals surface area (Å²) < 4.78 is 19.5. The highest BCUT2D eigenvalue weighted by Gasteiger charge is 2.13. The highest BCUT2D eigenvalue weighted by Crippen LogP contribution is 2.23. The van der Waals surface area contributed by atoms with E-state index in [2.05, 4.69) is 39.1 Å². The van der Waals surface area contributed by atoms with Gasteiger partial charge in [0.2, 0.25) is 0 Å². The Labute approximate surface area is 228 Å². The second kappa shape index (κ2) is 12.5. The number of hydrogen-bond acceptors (Lipinski definition) is 5. The van der Waals surface area contributed by atoms with Gasteiger partial charge >= 0.3 is 0 Å². The first-order chi connectivity index (χ1) is 18.6. The van der Waals surface area contributed by atoms with Gasteiger partial charge in [-0.1, -0.05) is 66.8 Å². The Hall–Kier alpha value is -4.00. The van der Waals surface area contributed by atoms with Crippen molar-refractivity contribution in [2.24, 2.45) is 0 Å². The van der Waals surface area contributed by atoms with Gasteiger partial charge in [0.1, 0.15) is 18.2 Å². The molecule has 0 spiro atoms. The van der Waals surface area contributed by atoms with E-state index in [0.29, 0.717) is 26.2 Å². The molecule has 1 aliphatic rings. The van der Waals surface area contributed by atoms with Crippen LogP contribution in [0.2, 0.25) is 0 Å². The van der Waals surface area contributed by atoms with Gasteiger partial charge in [0, 0.05) is 62.0 Å². The minimum absolute atomic E-state index is 0.251. The number of allylic oxidation sites excluding steroid dienone is 4. The van der Waals surface area contributed by atoms with E-state index in [9.17, 15) is 4.39 Å². The van der Waals surface area contributed by atoms with Gasteiger partial charge in [-0.25, -0.2) is 4.39 Å². The molecule has 0 N–H and O–H groups in total. The zero-order valence-corrected chi connectivity index (χ0v) is 21.8. The highest BCUT2D eigenvalue weighted by molar-refractivity contribution is 7.80. The fourth-order valence-electron chi connectivity index (χ4n) is 4.40. The van der Waals surface area contributed by atoms with Gasteiger partial charge < -0.3 is 4.74 Å². The largest absolute Gasteiger partial charge is 0.491 e. The third-order valence-electron chi connectivity index (χ3n) is 6.31. The molecule has 0 fully saturated rings. The van der Waals surface area contributed by atoms with Crippen molar-refractivity contribution in [3.05, 3.63) is 132 Å². The predicted octanol–water partition coefficient (Wildman–Crippen LogP) is 7.18. The minimum Gasteiger partial charge on any atom is -0.491 e. The maximum absolute atomic E-state index is 13.4. The molecule has 0 atom stereocenters. The fraction of sp³-hybridized carbons (Fsp3) is 0.156. The summed E-state index contributed by atoms with van der Waals surface area (Å²) in [4.78, 5) is 12.1. The number of nitrogens with zero attached hydrogens (tertiary/aromatic N) is 3. The number of ether oxygens (including phenoxy) is 1. The van der Waals surface area contributed by atoms with Crippen LogP contribution in [0.4, 0.5) is 4.39 Å². The lowest BCUT2D eigenvalue weighted by atomic mass is 10.0. The van der Waals surface area contributed by atoms with Gasteiger partial charge in [-0.2, -0.15) is 0 Å². The summed E-state index contributed by atoms with van der Waals surface area (Å²) in [7, 11) is 0. The van der Waals surface area contributed by atoms with Crippen molar-refractivity contribution in [1.82, 2.24) is 14.9 Å². The van der Waals surface area contributed by atoms with Crippen LogP contribution in [0.25, 0.3) is 22.3 Å². The lowest BCUT2D eigenvalue weighted by molar-refractivity contribution is 0.158. The lowest BCUT2D eigenvalue weighted by Crippen LogP contribution is -2.27. The van der Waals surface area contributed by atoms with Crippen LogP contribution in [-0.2, 0) is 17.8 Å². The highest BCUT2D eigenvalue weighted by atomic mass is 32.1. The van der Waals surface area contributed by atoms with Crippen LogP contribution in [-0.4, -0.2) is 32.9 Å². The molecule has 4 aromatic rings. The fourth-order valence-corrected chi connectivity index (χ4v) is 4.63. The van der Waals surface area contributed by atoms with Gasteiger partial charge in [-0.05, 0) is 52.6 Å². The number of benzene rings is 2. The molecule has 2 aromatic heterocycles. The number of thiocarbonyl (C=S) groups is 1. The third kappa shape index (κ3) is 6.85. The Morgan fingerprint density at radius 1 is 0.789 bits per heavy atom. The first-order valence-corrected chi connectivity index (χ1v) is 13.0. The van der Waals surface area contributed by atoms with E-state index in [1.807, 2.05) is 55.0 Å². The van der Waals surface area contributed by atoms with Crippen molar-refractivity contribution in [3.8, 4) is 22.3 Å². The Morgan fingerprint density at radius 3 is 2.05 bits per heavy atom. The summed E-state index contributed by atoms with van der Waals surface area (Å²) in [6.45, 7) is 2.57. The molecule has 0 bridgehead atoms. The number of hydrogen-bond donors (Lipinski definition) is 0. The average Bonchev–Trinajstić information content (AvgIpc) is 2.95. The quantitative estimate of drug-likeness (QED) is 0.207. The van der Waals surface area contributed by atoms with Crippen molar-refractivity contribution in [3.63, 3.8) is 0 Å². The van der Waals surface area contributed by atoms with Crippen LogP contribution in [0, 0.1) is 5.82 Å². The van der Waals surface area contributed by atoms with E-state index in [-0.39, 0.29) is 5.82 Å². The van der Waals surface area contributed by atoms with E-state index < -0.39 is 0 Å². The van der Waals surface area contributed by atoms with Gasteiger partial charge in [0.25, 0.3) is 0 Å². The molecule has 5 rings (SSSR count). The van der Waals surface area contributed by atoms with Crippen molar-refractivity contribution in [1.29, 1.82) is 0 Å². The van der Waals surface area contributed by atoms with Crippen molar-refractivity contribution in [2.75, 3.05) is 13.2 Å². The van der Waals surface area contributed by atoms with Crippen LogP contribution in [0.5, 0.6) is 0 Å². The number of rotatable bonds is 10. The Morgan fingerprint density at radius 2 is 1.42 bits per heavy atom. The van der Waals surface area contributed by atoms with Crippen LogP contribution < -0.4 is 0 Å². The van der Waals surface area contributed by atoms with Gasteiger partial charge in [0.05, 0.1) is 4.86 Å². The first kappa shape index (κ1) is 25.6. The summed E-state index contributed by atoms with van der Waals surface area (Å²) in [5.74, 6) is 0.522. The molecule has 1 aliphatic carbocycles. The zero-order valence-electron chi connectivity index (χ0n) is 21.0. The Kier molecular flexibility index (Phi) is 8.43. The van der Waals surface area contributed by atoms with E-state index in [1.54, 1.807) is 18.3 Å². The molecular formula is C32H28FN3OS. The standard InChI is InChI=1S/C32H28FN3OS/c33-30-12-10-27(11-13-30)29-17-25(19-35-21-29)23-36(14-15-37-31-8-4-5-9-32(31)38)22-24-16-28(20-34-18-24)26-6-2-1-3-7-26/h1-8,10-13,16-21H,9,14-15,22-23H2. The molecule has 6 heteroatoms. The van der Waals surface area contributed by atoms with Crippen LogP contribution in [0.3, 0.4) is 0 Å². The minimum atomic E-state index is -0.251. The topological polar surface area (TPSA) is 38.2 Å². The van der Waals surface area contributed by atoms with Crippen molar-refractivity contribution >= 4 is 17.1 Å². The first-order valence-electron chi connectivity index (χ1n) is 12.6. The van der Waals surface area contributed by atoms with Crippen LogP contribution in [0.1, 0.15) is 17.5 Å². The number of pyridine rings is 2. The van der Waals surface area contributed by atoms with E-state index >= 15 is 0 Å². The molecular weight excluding hydrogens is 493 g/mol. The second-order valence-corrected chi connectivity index (χ2v) is 9.67. The molecule has 4 nitrogen and oxygen atoms in total. The number of halogens is 1. The molecule has 2 heterocycles. The molecule has 0 unspecified atom stereocenters. The molecule has 0 saturated heterocycles. The maximum atomic E-state index is 13.4. The second-order valence-electron chi connectivity index (χ2n) is 9.18. The molecule has 0 saturated carbocycles. The lowest BCUT2D eigenvalue weighted by Gasteiger charge is -2.24. The third-order valence-corrected chi connectivity index (χ3v) is 6.68. The molecule has 0 radical (unpaired) electrons. The van der Waals surface area contributed by atoms with E-state index in [4.69, 9.17) is 17.0 Å². The van der Waals surface area contributed by atoms with Gasteiger partial charge in [0.15, 0.2) is 0 Å². The molecule has 2 aromatic carbocycles. The molecule has 0 amide bonds. The molecule has 190 valence electrons. The zero-order chi connectivity index (χ0) is 26.2. The molecule has 38 heavy (non-hydrogen) atoms. The van der Waals surface area contributed by atoms with Crippen LogP contribution >= 0.6 is 12.2 Å². The van der Waals surface area contributed by atoms with Crippen molar-refractivity contribution in [2.45, 2.75) is 19.5 Å².